The number of aromatic nitrogens is 1. The van der Waals surface area contributed by atoms with Crippen LogP contribution in [-0.4, -0.2) is 67.6 Å². The van der Waals surface area contributed by atoms with E-state index in [1.165, 1.54) is 6.42 Å². The molecule has 0 aliphatic carbocycles. The molecule has 1 aromatic heterocycles. The highest BCUT2D eigenvalue weighted by atomic mass is 32.1. The van der Waals surface area contributed by atoms with Crippen molar-refractivity contribution >= 4 is 17.2 Å². The Morgan fingerprint density at radius 2 is 1.86 bits per heavy atom. The van der Waals surface area contributed by atoms with Gasteiger partial charge in [-0.2, -0.15) is 0 Å². The number of amides is 1. The number of carbonyl (C=O) groups excluding carboxylic acids is 1. The third-order valence-corrected chi connectivity index (χ3v) is 6.20. The first-order valence-corrected chi connectivity index (χ1v) is 11.0. The van der Waals surface area contributed by atoms with Crippen LogP contribution in [-0.2, 0) is 11.2 Å². The van der Waals surface area contributed by atoms with Crippen molar-refractivity contribution in [3.05, 3.63) is 29.3 Å². The second kappa shape index (κ2) is 10.1. The third kappa shape index (κ3) is 5.70. The molecule has 2 heterocycles. The van der Waals surface area contributed by atoms with Crippen molar-refractivity contribution in [3.63, 3.8) is 0 Å². The molecule has 1 saturated heterocycles. The van der Waals surface area contributed by atoms with Crippen LogP contribution in [0.15, 0.2) is 23.6 Å². The fourth-order valence-electron chi connectivity index (χ4n) is 3.42. The number of hydrogen-bond donors (Lipinski definition) is 0. The second-order valence-corrected chi connectivity index (χ2v) is 8.65. The minimum Gasteiger partial charge on any atom is -0.493 e. The summed E-state index contributed by atoms with van der Waals surface area (Å²) >= 11 is 1.55. The molecule has 6 nitrogen and oxygen atoms in total. The maximum absolute atomic E-state index is 12.7. The third-order valence-electron chi connectivity index (χ3n) is 5.26. The van der Waals surface area contributed by atoms with Crippen molar-refractivity contribution in [1.29, 1.82) is 0 Å². The van der Waals surface area contributed by atoms with Crippen LogP contribution in [0.5, 0.6) is 11.5 Å². The molecular weight excluding hydrogens is 386 g/mol. The highest BCUT2D eigenvalue weighted by molar-refractivity contribution is 7.13. The van der Waals surface area contributed by atoms with Gasteiger partial charge in [0, 0.05) is 37.1 Å². The van der Waals surface area contributed by atoms with Gasteiger partial charge in [0.2, 0.25) is 5.91 Å². The molecule has 1 fully saturated rings. The number of nitrogens with zero attached hydrogens (tertiary/aromatic N) is 3. The van der Waals surface area contributed by atoms with Crippen molar-refractivity contribution in [2.45, 2.75) is 26.7 Å². The molecule has 1 aromatic carbocycles. The maximum Gasteiger partial charge on any atom is 0.228 e. The van der Waals surface area contributed by atoms with Gasteiger partial charge in [-0.1, -0.05) is 13.8 Å². The Labute approximate surface area is 177 Å². The fourth-order valence-corrected chi connectivity index (χ4v) is 4.24. The smallest absolute Gasteiger partial charge is 0.228 e. The van der Waals surface area contributed by atoms with Gasteiger partial charge >= 0.3 is 0 Å². The van der Waals surface area contributed by atoms with E-state index in [-0.39, 0.29) is 5.91 Å². The summed E-state index contributed by atoms with van der Waals surface area (Å²) in [6.07, 6.45) is 1.57. The normalized spacial score (nSPS) is 15.0. The van der Waals surface area contributed by atoms with E-state index in [0.717, 1.165) is 54.9 Å². The van der Waals surface area contributed by atoms with E-state index in [1.54, 1.807) is 25.6 Å². The van der Waals surface area contributed by atoms with Crippen LogP contribution in [0.3, 0.4) is 0 Å². The van der Waals surface area contributed by atoms with Crippen molar-refractivity contribution in [3.8, 4) is 22.1 Å². The Balaban J connectivity index is 1.56. The van der Waals surface area contributed by atoms with Crippen molar-refractivity contribution < 1.29 is 14.3 Å². The van der Waals surface area contributed by atoms with Gasteiger partial charge in [-0.15, -0.1) is 11.3 Å². The second-order valence-electron chi connectivity index (χ2n) is 7.80. The summed E-state index contributed by atoms with van der Waals surface area (Å²) in [5, 5.41) is 2.86. The molecule has 29 heavy (non-hydrogen) atoms. The van der Waals surface area contributed by atoms with Gasteiger partial charge in [0.05, 0.1) is 26.3 Å². The van der Waals surface area contributed by atoms with E-state index in [2.05, 4.69) is 23.7 Å². The molecule has 3 rings (SSSR count). The summed E-state index contributed by atoms with van der Waals surface area (Å²) in [6.45, 7) is 9.18. The largest absolute Gasteiger partial charge is 0.493 e. The van der Waals surface area contributed by atoms with E-state index in [9.17, 15) is 4.79 Å². The zero-order chi connectivity index (χ0) is 20.8. The van der Waals surface area contributed by atoms with Crippen LogP contribution in [0.25, 0.3) is 10.6 Å². The first-order valence-electron chi connectivity index (χ1n) is 10.2. The summed E-state index contributed by atoms with van der Waals surface area (Å²) in [5.74, 6) is 2.25. The molecule has 158 valence electrons. The molecule has 7 heteroatoms. The first kappa shape index (κ1) is 21.6. The van der Waals surface area contributed by atoms with Crippen molar-refractivity contribution in [2.24, 2.45) is 5.92 Å². The summed E-state index contributed by atoms with van der Waals surface area (Å²) in [5.41, 5.74) is 1.79. The average Bonchev–Trinajstić information content (AvgIpc) is 3.20. The zero-order valence-electron chi connectivity index (χ0n) is 17.8. The van der Waals surface area contributed by atoms with Crippen LogP contribution < -0.4 is 9.47 Å². The lowest BCUT2D eigenvalue weighted by molar-refractivity contribution is -0.132. The van der Waals surface area contributed by atoms with Crippen molar-refractivity contribution in [1.82, 2.24) is 14.8 Å². The molecule has 0 N–H and O–H groups in total. The van der Waals surface area contributed by atoms with Gasteiger partial charge < -0.3 is 14.4 Å². The van der Waals surface area contributed by atoms with E-state index in [1.807, 2.05) is 28.5 Å². The summed E-state index contributed by atoms with van der Waals surface area (Å²) in [6, 6.07) is 5.75. The number of piperazine rings is 1. The van der Waals surface area contributed by atoms with Crippen LogP contribution >= 0.6 is 11.3 Å². The van der Waals surface area contributed by atoms with Crippen LogP contribution in [0, 0.1) is 5.92 Å². The molecule has 0 unspecified atom stereocenters. The number of methoxy groups -OCH3 is 2. The molecule has 0 atom stereocenters. The maximum atomic E-state index is 12.7. The number of hydrogen-bond acceptors (Lipinski definition) is 6. The standard InChI is InChI=1S/C22H31N3O3S/c1-16(2)7-8-24-9-11-25(12-10-24)21(26)14-18-15-29-22(23-18)17-5-6-19(27-3)20(13-17)28-4/h5-6,13,15-16H,7-12,14H2,1-4H3. The van der Waals surface area contributed by atoms with Crippen LogP contribution in [0.2, 0.25) is 0 Å². The minimum absolute atomic E-state index is 0.165. The Morgan fingerprint density at radius 3 is 2.52 bits per heavy atom. The number of ether oxygens (including phenoxy) is 2. The predicted octanol–water partition coefficient (Wildman–Crippen LogP) is 3.56. The van der Waals surface area contributed by atoms with Gasteiger partial charge in [-0.25, -0.2) is 4.98 Å². The summed E-state index contributed by atoms with van der Waals surface area (Å²) in [7, 11) is 3.24. The Hall–Kier alpha value is -2.12. The van der Waals surface area contributed by atoms with E-state index in [0.29, 0.717) is 17.9 Å². The fraction of sp³-hybridized carbons (Fsp3) is 0.545. The van der Waals surface area contributed by atoms with E-state index >= 15 is 0 Å². The first-order chi connectivity index (χ1) is 14.0. The molecular formula is C22H31N3O3S. The Bertz CT molecular complexity index is 813. The highest BCUT2D eigenvalue weighted by Gasteiger charge is 2.22. The number of benzene rings is 1. The lowest BCUT2D eigenvalue weighted by atomic mass is 10.1. The van der Waals surface area contributed by atoms with E-state index < -0.39 is 0 Å². The van der Waals surface area contributed by atoms with Gasteiger partial charge in [-0.05, 0) is 37.1 Å². The predicted molar refractivity (Wildman–Crippen MR) is 117 cm³/mol. The van der Waals surface area contributed by atoms with Gasteiger partial charge in [-0.3, -0.25) is 9.69 Å². The molecule has 2 aromatic rings. The zero-order valence-corrected chi connectivity index (χ0v) is 18.6. The van der Waals surface area contributed by atoms with Gasteiger partial charge in [0.25, 0.3) is 0 Å². The molecule has 1 aliphatic rings. The molecule has 0 radical (unpaired) electrons. The molecule has 0 spiro atoms. The number of carbonyl (C=O) groups is 1. The summed E-state index contributed by atoms with van der Waals surface area (Å²) < 4.78 is 10.7. The number of thiazole rings is 1. The number of rotatable bonds is 8. The molecule has 1 amide bonds. The monoisotopic (exact) mass is 417 g/mol. The average molecular weight is 418 g/mol. The van der Waals surface area contributed by atoms with Gasteiger partial charge in [0.1, 0.15) is 5.01 Å². The minimum atomic E-state index is 0.165. The topological polar surface area (TPSA) is 54.9 Å². The van der Waals surface area contributed by atoms with Crippen LogP contribution in [0.4, 0.5) is 0 Å². The molecule has 0 saturated carbocycles. The Kier molecular flexibility index (Phi) is 7.50. The summed E-state index contributed by atoms with van der Waals surface area (Å²) in [4.78, 5) is 21.8. The SMILES string of the molecule is COc1ccc(-c2nc(CC(=O)N3CCN(CCC(C)C)CC3)cs2)cc1OC. The Morgan fingerprint density at radius 1 is 1.14 bits per heavy atom. The molecule has 1 aliphatic heterocycles. The highest BCUT2D eigenvalue weighted by Crippen LogP contribution is 2.33. The van der Waals surface area contributed by atoms with Crippen molar-refractivity contribution in [2.75, 3.05) is 46.9 Å². The lowest BCUT2D eigenvalue weighted by Gasteiger charge is -2.35. The van der Waals surface area contributed by atoms with Gasteiger partial charge in [0.15, 0.2) is 11.5 Å². The van der Waals surface area contributed by atoms with E-state index in [4.69, 9.17) is 9.47 Å². The lowest BCUT2D eigenvalue weighted by Crippen LogP contribution is -2.49. The van der Waals surface area contributed by atoms with Crippen LogP contribution in [0.1, 0.15) is 26.0 Å². The quantitative estimate of drug-likeness (QED) is 0.657. The molecule has 0 bridgehead atoms.